The van der Waals surface area contributed by atoms with Gasteiger partial charge < -0.3 is 9.64 Å². The molecule has 0 bridgehead atoms. The first kappa shape index (κ1) is 16.6. The monoisotopic (exact) mass is 328 g/mol. The Morgan fingerprint density at radius 2 is 1.88 bits per heavy atom. The Bertz CT molecular complexity index is 724. The molecule has 1 aromatic carbocycles. The number of fused-ring (bicyclic) bond motifs is 1. The standard InChI is InChI=1S/C18H24N4O2/c1-4-24-18(23)16-17(14-7-5-6-8-15(14)19-20-16)22-11-9-21(10-12-22)13(2)3/h5-8,13H,4,9-12H2,1-3H3. The van der Waals surface area contributed by atoms with Crippen LogP contribution in [0.5, 0.6) is 0 Å². The van der Waals surface area contributed by atoms with Crippen LogP contribution in [0.1, 0.15) is 31.3 Å². The lowest BCUT2D eigenvalue weighted by Gasteiger charge is -2.38. The highest BCUT2D eigenvalue weighted by atomic mass is 16.5. The van der Waals surface area contributed by atoms with Crippen LogP contribution in [0, 0.1) is 0 Å². The zero-order chi connectivity index (χ0) is 17.1. The highest BCUT2D eigenvalue weighted by molar-refractivity contribution is 6.03. The first-order chi connectivity index (χ1) is 11.6. The lowest BCUT2D eigenvalue weighted by atomic mass is 10.1. The number of aromatic nitrogens is 2. The maximum atomic E-state index is 12.4. The number of hydrogen-bond acceptors (Lipinski definition) is 6. The average molecular weight is 328 g/mol. The van der Waals surface area contributed by atoms with Gasteiger partial charge in [0.25, 0.3) is 0 Å². The number of carbonyl (C=O) groups excluding carboxylic acids is 1. The Kier molecular flexibility index (Phi) is 4.94. The first-order valence-corrected chi connectivity index (χ1v) is 8.53. The van der Waals surface area contributed by atoms with Crippen molar-refractivity contribution in [2.24, 2.45) is 0 Å². The van der Waals surface area contributed by atoms with Crippen molar-refractivity contribution in [3.05, 3.63) is 30.0 Å². The van der Waals surface area contributed by atoms with Gasteiger partial charge in [-0.3, -0.25) is 4.90 Å². The summed E-state index contributed by atoms with van der Waals surface area (Å²) in [6.45, 7) is 10.2. The average Bonchev–Trinajstić information content (AvgIpc) is 2.61. The maximum absolute atomic E-state index is 12.4. The van der Waals surface area contributed by atoms with Gasteiger partial charge in [0, 0.05) is 37.6 Å². The van der Waals surface area contributed by atoms with Crippen molar-refractivity contribution in [1.29, 1.82) is 0 Å². The molecule has 2 heterocycles. The molecule has 0 aliphatic carbocycles. The molecule has 1 aliphatic rings. The number of piperazine rings is 1. The van der Waals surface area contributed by atoms with Crippen molar-refractivity contribution in [3.63, 3.8) is 0 Å². The molecule has 6 nitrogen and oxygen atoms in total. The zero-order valence-electron chi connectivity index (χ0n) is 14.5. The van der Waals surface area contributed by atoms with E-state index in [2.05, 4.69) is 33.8 Å². The van der Waals surface area contributed by atoms with E-state index in [0.29, 0.717) is 18.3 Å². The molecule has 0 amide bonds. The van der Waals surface area contributed by atoms with Gasteiger partial charge in [0.05, 0.1) is 17.8 Å². The number of ether oxygens (including phenoxy) is 1. The molecular formula is C18H24N4O2. The topological polar surface area (TPSA) is 58.6 Å². The Labute approximate surface area is 142 Å². The summed E-state index contributed by atoms with van der Waals surface area (Å²) < 4.78 is 5.19. The normalized spacial score (nSPS) is 15.9. The van der Waals surface area contributed by atoms with Gasteiger partial charge in [-0.2, -0.15) is 0 Å². The van der Waals surface area contributed by atoms with Gasteiger partial charge in [0.2, 0.25) is 0 Å². The van der Waals surface area contributed by atoms with E-state index in [1.807, 2.05) is 24.3 Å². The molecule has 0 saturated carbocycles. The molecule has 0 N–H and O–H groups in total. The van der Waals surface area contributed by atoms with Gasteiger partial charge in [-0.05, 0) is 26.8 Å². The molecule has 1 saturated heterocycles. The predicted molar refractivity (Wildman–Crippen MR) is 94.4 cm³/mol. The third kappa shape index (κ3) is 3.19. The van der Waals surface area contributed by atoms with Crippen molar-refractivity contribution in [2.75, 3.05) is 37.7 Å². The van der Waals surface area contributed by atoms with Crippen molar-refractivity contribution < 1.29 is 9.53 Å². The molecule has 0 atom stereocenters. The summed E-state index contributed by atoms with van der Waals surface area (Å²) in [7, 11) is 0. The minimum absolute atomic E-state index is 0.313. The molecule has 24 heavy (non-hydrogen) atoms. The summed E-state index contributed by atoms with van der Waals surface area (Å²) in [5.41, 5.74) is 1.96. The molecule has 3 rings (SSSR count). The van der Waals surface area contributed by atoms with E-state index >= 15 is 0 Å². The van der Waals surface area contributed by atoms with Crippen LogP contribution in [0.4, 0.5) is 5.69 Å². The van der Waals surface area contributed by atoms with Crippen LogP contribution < -0.4 is 4.90 Å². The lowest BCUT2D eigenvalue weighted by Crippen LogP contribution is -2.49. The molecule has 0 radical (unpaired) electrons. The summed E-state index contributed by atoms with van der Waals surface area (Å²) in [5, 5.41) is 9.32. The second-order valence-corrected chi connectivity index (χ2v) is 6.25. The summed E-state index contributed by atoms with van der Waals surface area (Å²) in [6, 6.07) is 8.35. The zero-order valence-corrected chi connectivity index (χ0v) is 14.5. The van der Waals surface area contributed by atoms with Crippen molar-refractivity contribution in [1.82, 2.24) is 15.1 Å². The first-order valence-electron chi connectivity index (χ1n) is 8.53. The van der Waals surface area contributed by atoms with E-state index in [9.17, 15) is 4.79 Å². The molecule has 1 aromatic heterocycles. The Hall–Kier alpha value is -2.21. The van der Waals surface area contributed by atoms with Crippen molar-refractivity contribution >= 4 is 22.6 Å². The van der Waals surface area contributed by atoms with Gasteiger partial charge in [-0.25, -0.2) is 4.79 Å². The van der Waals surface area contributed by atoms with Crippen LogP contribution in [0.2, 0.25) is 0 Å². The summed E-state index contributed by atoms with van der Waals surface area (Å²) in [5.74, 6) is -0.406. The van der Waals surface area contributed by atoms with E-state index in [0.717, 1.165) is 42.8 Å². The van der Waals surface area contributed by atoms with Crippen LogP contribution in [0.25, 0.3) is 10.9 Å². The SMILES string of the molecule is CCOC(=O)c1nnc2ccccc2c1N1CCN(C(C)C)CC1. The number of esters is 1. The van der Waals surface area contributed by atoms with Crippen molar-refractivity contribution in [2.45, 2.75) is 26.8 Å². The van der Waals surface area contributed by atoms with Gasteiger partial charge in [-0.15, -0.1) is 10.2 Å². The number of hydrogen-bond donors (Lipinski definition) is 0. The minimum atomic E-state index is -0.406. The van der Waals surface area contributed by atoms with Gasteiger partial charge in [0.1, 0.15) is 0 Å². The summed E-state index contributed by atoms with van der Waals surface area (Å²) in [4.78, 5) is 17.0. The highest BCUT2D eigenvalue weighted by Crippen LogP contribution is 2.29. The maximum Gasteiger partial charge on any atom is 0.361 e. The van der Waals surface area contributed by atoms with Crippen molar-refractivity contribution in [3.8, 4) is 0 Å². The molecule has 0 spiro atoms. The van der Waals surface area contributed by atoms with Crippen LogP contribution in [-0.2, 0) is 4.74 Å². The summed E-state index contributed by atoms with van der Waals surface area (Å²) in [6.07, 6.45) is 0. The van der Waals surface area contributed by atoms with Crippen LogP contribution >= 0.6 is 0 Å². The second-order valence-electron chi connectivity index (χ2n) is 6.25. The Morgan fingerprint density at radius 3 is 2.54 bits per heavy atom. The number of benzene rings is 1. The largest absolute Gasteiger partial charge is 0.461 e. The number of anilines is 1. The molecular weight excluding hydrogens is 304 g/mol. The van der Waals surface area contributed by atoms with Crippen LogP contribution in [-0.4, -0.2) is 59.9 Å². The number of rotatable bonds is 4. The van der Waals surface area contributed by atoms with E-state index in [-0.39, 0.29) is 0 Å². The van der Waals surface area contributed by atoms with Gasteiger partial charge in [-0.1, -0.05) is 18.2 Å². The molecule has 6 heteroatoms. The fraction of sp³-hybridized carbons (Fsp3) is 0.500. The number of carbonyl (C=O) groups is 1. The minimum Gasteiger partial charge on any atom is -0.461 e. The van der Waals surface area contributed by atoms with E-state index in [1.54, 1.807) is 6.92 Å². The second kappa shape index (κ2) is 7.13. The molecule has 1 fully saturated rings. The third-order valence-corrected chi connectivity index (χ3v) is 4.47. The smallest absolute Gasteiger partial charge is 0.361 e. The summed E-state index contributed by atoms with van der Waals surface area (Å²) >= 11 is 0. The molecule has 128 valence electrons. The van der Waals surface area contributed by atoms with Crippen LogP contribution in [0.3, 0.4) is 0 Å². The molecule has 0 unspecified atom stereocenters. The lowest BCUT2D eigenvalue weighted by molar-refractivity contribution is 0.0519. The fourth-order valence-corrected chi connectivity index (χ4v) is 3.16. The molecule has 2 aromatic rings. The quantitative estimate of drug-likeness (QED) is 0.803. The molecule has 1 aliphatic heterocycles. The Morgan fingerprint density at radius 1 is 1.17 bits per heavy atom. The predicted octanol–water partition coefficient (Wildman–Crippen LogP) is 2.34. The number of nitrogens with zero attached hydrogens (tertiary/aromatic N) is 4. The van der Waals surface area contributed by atoms with E-state index in [1.165, 1.54) is 0 Å². The van der Waals surface area contributed by atoms with Gasteiger partial charge in [0.15, 0.2) is 5.69 Å². The Balaban J connectivity index is 2.01. The van der Waals surface area contributed by atoms with Crippen LogP contribution in [0.15, 0.2) is 24.3 Å². The van der Waals surface area contributed by atoms with Gasteiger partial charge >= 0.3 is 5.97 Å². The van der Waals surface area contributed by atoms with E-state index in [4.69, 9.17) is 4.74 Å². The fourth-order valence-electron chi connectivity index (χ4n) is 3.16. The highest BCUT2D eigenvalue weighted by Gasteiger charge is 2.26. The third-order valence-electron chi connectivity index (χ3n) is 4.47. The van der Waals surface area contributed by atoms with E-state index < -0.39 is 5.97 Å².